The molecule has 29 heavy (non-hydrogen) atoms. The van der Waals surface area contributed by atoms with E-state index < -0.39 is 42.2 Å². The molecule has 7 heteroatoms. The Kier molecular flexibility index (Phi) is 6.88. The summed E-state index contributed by atoms with van der Waals surface area (Å²) in [4.78, 5) is 12.9. The Morgan fingerprint density at radius 3 is 2.62 bits per heavy atom. The first-order valence-electron chi connectivity index (χ1n) is 10.7. The van der Waals surface area contributed by atoms with Gasteiger partial charge >= 0.3 is 0 Å². The second-order valence-corrected chi connectivity index (χ2v) is 9.34. The lowest BCUT2D eigenvalue weighted by atomic mass is 9.77. The fourth-order valence-electron chi connectivity index (χ4n) is 5.54. The second kappa shape index (κ2) is 8.73. The van der Waals surface area contributed by atoms with Crippen LogP contribution in [0.1, 0.15) is 52.9 Å². The highest BCUT2D eigenvalue weighted by atomic mass is 16.6. The quantitative estimate of drug-likeness (QED) is 0.591. The van der Waals surface area contributed by atoms with Gasteiger partial charge in [0.1, 0.15) is 12.2 Å². The molecule has 4 saturated heterocycles. The summed E-state index contributed by atoms with van der Waals surface area (Å²) in [5.74, 6) is -0.955. The van der Waals surface area contributed by atoms with E-state index in [1.54, 1.807) is 0 Å². The molecule has 4 fully saturated rings. The molecule has 4 heterocycles. The van der Waals surface area contributed by atoms with Crippen molar-refractivity contribution in [2.75, 3.05) is 7.11 Å². The number of hydrogen-bond donors (Lipinski definition) is 3. The number of ketones is 1. The normalized spacial score (nSPS) is 49.3. The lowest BCUT2D eigenvalue weighted by Crippen LogP contribution is -2.52. The molecule has 4 bridgehead atoms. The van der Waals surface area contributed by atoms with Gasteiger partial charge in [0.05, 0.1) is 23.9 Å². The Labute approximate surface area is 173 Å². The number of aliphatic hydroxyl groups excluding tert-OH is 3. The number of hydrogen-bond acceptors (Lipinski definition) is 7. The lowest BCUT2D eigenvalue weighted by Gasteiger charge is -2.44. The van der Waals surface area contributed by atoms with Gasteiger partial charge in [-0.1, -0.05) is 20.4 Å². The third-order valence-electron chi connectivity index (χ3n) is 7.26. The van der Waals surface area contributed by atoms with Gasteiger partial charge in [-0.05, 0) is 38.5 Å². The van der Waals surface area contributed by atoms with Gasteiger partial charge in [-0.15, -0.1) is 0 Å². The maximum absolute atomic E-state index is 12.9. The van der Waals surface area contributed by atoms with Crippen molar-refractivity contribution in [1.29, 1.82) is 0 Å². The van der Waals surface area contributed by atoms with Gasteiger partial charge in [-0.25, -0.2) is 0 Å². The molecule has 0 aliphatic carbocycles. The monoisotopic (exact) mass is 412 g/mol. The van der Waals surface area contributed by atoms with Gasteiger partial charge in [-0.2, -0.15) is 0 Å². The minimum atomic E-state index is -1.20. The van der Waals surface area contributed by atoms with Crippen molar-refractivity contribution in [2.45, 2.75) is 95.3 Å². The summed E-state index contributed by atoms with van der Waals surface area (Å²) in [5.41, 5.74) is -0.434. The lowest BCUT2D eigenvalue weighted by molar-refractivity contribution is -0.252. The predicted molar refractivity (Wildman–Crippen MR) is 106 cm³/mol. The van der Waals surface area contributed by atoms with Gasteiger partial charge in [0.25, 0.3) is 0 Å². The minimum Gasteiger partial charge on any atom is -0.392 e. The predicted octanol–water partition coefficient (Wildman–Crippen LogP) is 1.58. The van der Waals surface area contributed by atoms with Crippen LogP contribution in [0, 0.1) is 17.8 Å². The number of carbonyl (C=O) groups excluding carboxylic acids is 1. The zero-order chi connectivity index (χ0) is 21.5. The number of Topliss-reactive ketones (excluding diaryl/α,β-unsaturated/α-hetero) is 1. The summed E-state index contributed by atoms with van der Waals surface area (Å²) >= 11 is 0. The molecule has 4 aliphatic rings. The van der Waals surface area contributed by atoms with E-state index in [4.69, 9.17) is 14.2 Å². The number of aliphatic hydroxyl groups is 3. The Morgan fingerprint density at radius 1 is 1.31 bits per heavy atom. The van der Waals surface area contributed by atoms with Crippen molar-refractivity contribution in [2.24, 2.45) is 17.8 Å². The average molecular weight is 413 g/mol. The highest BCUT2D eigenvalue weighted by Crippen LogP contribution is 2.44. The minimum absolute atomic E-state index is 0.0443. The van der Waals surface area contributed by atoms with Gasteiger partial charge in [-0.3, -0.25) is 4.79 Å². The van der Waals surface area contributed by atoms with E-state index in [1.165, 1.54) is 7.11 Å². The van der Waals surface area contributed by atoms with Crippen LogP contribution in [-0.4, -0.2) is 70.6 Å². The van der Waals surface area contributed by atoms with Gasteiger partial charge in [0.2, 0.25) is 0 Å². The van der Waals surface area contributed by atoms with Crippen LogP contribution in [0.4, 0.5) is 0 Å². The van der Waals surface area contributed by atoms with Crippen LogP contribution in [0.15, 0.2) is 12.2 Å². The molecule has 0 radical (unpaired) electrons. The zero-order valence-corrected chi connectivity index (χ0v) is 17.9. The van der Waals surface area contributed by atoms with Crippen molar-refractivity contribution in [3.63, 3.8) is 0 Å². The molecule has 0 aromatic carbocycles. The summed E-state index contributed by atoms with van der Waals surface area (Å²) < 4.78 is 17.7. The van der Waals surface area contributed by atoms with Crippen molar-refractivity contribution in [3.8, 4) is 0 Å². The number of rotatable bonds is 2. The Bertz CT molecular complexity index is 622. The van der Waals surface area contributed by atoms with Crippen LogP contribution >= 0.6 is 0 Å². The molecule has 10 atom stereocenters. The molecule has 4 aliphatic heterocycles. The Morgan fingerprint density at radius 2 is 2.00 bits per heavy atom. The van der Waals surface area contributed by atoms with E-state index in [9.17, 15) is 20.1 Å². The second-order valence-electron chi connectivity index (χ2n) is 9.34. The van der Waals surface area contributed by atoms with Crippen LogP contribution in [0.5, 0.6) is 0 Å². The highest BCUT2D eigenvalue weighted by molar-refractivity contribution is 5.96. The first kappa shape index (κ1) is 22.8. The summed E-state index contributed by atoms with van der Waals surface area (Å²) in [6.07, 6.45) is -2.29. The van der Waals surface area contributed by atoms with E-state index in [0.717, 1.165) is 6.42 Å². The topological polar surface area (TPSA) is 105 Å². The van der Waals surface area contributed by atoms with Crippen molar-refractivity contribution in [1.82, 2.24) is 0 Å². The molecule has 10 unspecified atom stereocenters. The SMILES string of the molecule is C=C1C(=O)CC2OC(O)C(CCC3(C)CC(C)C(O3)C(OC)C1O)C(O)C2CC. The number of ether oxygens (including phenoxy) is 3. The fourth-order valence-corrected chi connectivity index (χ4v) is 5.54. The van der Waals surface area contributed by atoms with E-state index in [0.29, 0.717) is 19.3 Å². The summed E-state index contributed by atoms with van der Waals surface area (Å²) in [5, 5.41) is 32.4. The van der Waals surface area contributed by atoms with Gasteiger partial charge in [0, 0.05) is 30.9 Å². The average Bonchev–Trinajstić information content (AvgIpc) is 2.95. The van der Waals surface area contributed by atoms with E-state index in [2.05, 4.69) is 6.58 Å². The molecule has 7 nitrogen and oxygen atoms in total. The van der Waals surface area contributed by atoms with Crippen LogP contribution in [0.2, 0.25) is 0 Å². The molecular weight excluding hydrogens is 376 g/mol. The Balaban J connectivity index is 1.96. The Hall–Kier alpha value is -0.830. The van der Waals surface area contributed by atoms with Crippen LogP contribution in [0.25, 0.3) is 0 Å². The van der Waals surface area contributed by atoms with Crippen LogP contribution in [0.3, 0.4) is 0 Å². The van der Waals surface area contributed by atoms with E-state index >= 15 is 0 Å². The van der Waals surface area contributed by atoms with Crippen LogP contribution in [-0.2, 0) is 19.0 Å². The number of carbonyl (C=O) groups is 1. The molecule has 0 aromatic rings. The molecule has 166 valence electrons. The molecule has 0 saturated carbocycles. The smallest absolute Gasteiger partial charge is 0.163 e. The van der Waals surface area contributed by atoms with Gasteiger partial charge < -0.3 is 29.5 Å². The first-order chi connectivity index (χ1) is 13.6. The zero-order valence-electron chi connectivity index (χ0n) is 17.9. The number of methoxy groups -OCH3 is 1. The molecule has 4 rings (SSSR count). The largest absolute Gasteiger partial charge is 0.392 e. The summed E-state index contributed by atoms with van der Waals surface area (Å²) in [7, 11) is 1.51. The standard InChI is InChI=1S/C22H36O7/c1-6-13-16-9-15(23)12(3)17(24)20(27-5)19-11(2)10-22(4,29-19)8-7-14(18(13)25)21(26)28-16/h11,13-14,16-21,24-26H,3,6-10H2,1-2,4-5H3. The van der Waals surface area contributed by atoms with Crippen LogP contribution < -0.4 is 0 Å². The third kappa shape index (κ3) is 4.31. The number of fused-ring (bicyclic) bond motifs is 7. The molecular formula is C22H36O7. The molecule has 3 N–H and O–H groups in total. The summed E-state index contributed by atoms with van der Waals surface area (Å²) in [6, 6.07) is 0. The first-order valence-corrected chi connectivity index (χ1v) is 10.7. The maximum Gasteiger partial charge on any atom is 0.163 e. The molecule has 0 aromatic heterocycles. The summed E-state index contributed by atoms with van der Waals surface area (Å²) in [6.45, 7) is 9.81. The van der Waals surface area contributed by atoms with Crippen molar-refractivity contribution < 1.29 is 34.3 Å². The van der Waals surface area contributed by atoms with Gasteiger partial charge in [0.15, 0.2) is 12.1 Å². The van der Waals surface area contributed by atoms with E-state index in [-0.39, 0.29) is 35.7 Å². The molecule has 0 amide bonds. The van der Waals surface area contributed by atoms with E-state index in [1.807, 2.05) is 20.8 Å². The van der Waals surface area contributed by atoms with Crippen molar-refractivity contribution in [3.05, 3.63) is 12.2 Å². The molecule has 0 spiro atoms. The third-order valence-corrected chi connectivity index (χ3v) is 7.26. The maximum atomic E-state index is 12.9. The highest BCUT2D eigenvalue weighted by Gasteiger charge is 2.50. The van der Waals surface area contributed by atoms with Crippen molar-refractivity contribution >= 4 is 5.78 Å². The fraction of sp³-hybridized carbons (Fsp3) is 0.864.